The first kappa shape index (κ1) is 9.19. The van der Waals surface area contributed by atoms with Crippen molar-refractivity contribution >= 4 is 0 Å². The lowest BCUT2D eigenvalue weighted by Crippen LogP contribution is -2.28. The Morgan fingerprint density at radius 3 is 3.25 bits per heavy atom. The lowest BCUT2D eigenvalue weighted by Gasteiger charge is -2.17. The molecule has 0 bridgehead atoms. The van der Waals surface area contributed by atoms with Gasteiger partial charge in [0.15, 0.2) is 17.3 Å². The molecule has 0 spiro atoms. The van der Waals surface area contributed by atoms with Gasteiger partial charge in [0.1, 0.15) is 6.07 Å². The zero-order valence-electron chi connectivity index (χ0n) is 8.60. The molecule has 16 heavy (non-hydrogen) atoms. The number of aromatic nitrogens is 2. The molecule has 1 aliphatic heterocycles. The zero-order valence-corrected chi connectivity index (χ0v) is 8.60. The van der Waals surface area contributed by atoms with Crippen LogP contribution in [0.2, 0.25) is 0 Å². The van der Waals surface area contributed by atoms with Crippen LogP contribution in [-0.4, -0.2) is 16.1 Å². The molecule has 1 N–H and O–H groups in total. The van der Waals surface area contributed by atoms with Gasteiger partial charge in [-0.15, -0.1) is 0 Å². The van der Waals surface area contributed by atoms with E-state index in [-0.39, 0.29) is 0 Å². The van der Waals surface area contributed by atoms with Gasteiger partial charge in [0.05, 0.1) is 12.0 Å². The SMILES string of the molecule is N#Cc1nc(-c2ccco2)n2c1CNCC2. The van der Waals surface area contributed by atoms with Crippen molar-refractivity contribution in [1.29, 1.82) is 5.26 Å². The molecule has 0 atom stereocenters. The maximum absolute atomic E-state index is 9.02. The minimum atomic E-state index is 0.485. The standard InChI is InChI=1S/C11H10N4O/c12-6-8-9-7-13-3-4-15(9)11(14-8)10-2-1-5-16-10/h1-2,5,13H,3-4,7H2. The first-order chi connectivity index (χ1) is 7.90. The van der Waals surface area contributed by atoms with Crippen molar-refractivity contribution in [2.45, 2.75) is 13.1 Å². The van der Waals surface area contributed by atoms with E-state index in [2.05, 4.69) is 16.4 Å². The maximum Gasteiger partial charge on any atom is 0.177 e. The highest BCUT2D eigenvalue weighted by atomic mass is 16.3. The van der Waals surface area contributed by atoms with E-state index in [4.69, 9.17) is 9.68 Å². The lowest BCUT2D eigenvalue weighted by atomic mass is 10.3. The van der Waals surface area contributed by atoms with Crippen LogP contribution in [0.4, 0.5) is 0 Å². The van der Waals surface area contributed by atoms with Gasteiger partial charge in [-0.3, -0.25) is 0 Å². The Morgan fingerprint density at radius 2 is 2.50 bits per heavy atom. The molecule has 2 aromatic rings. The number of nitrogens with one attached hydrogen (secondary N) is 1. The van der Waals surface area contributed by atoms with Crippen molar-refractivity contribution in [3.63, 3.8) is 0 Å². The summed E-state index contributed by atoms with van der Waals surface area (Å²) in [4.78, 5) is 4.32. The van der Waals surface area contributed by atoms with E-state index in [0.29, 0.717) is 18.0 Å². The summed E-state index contributed by atoms with van der Waals surface area (Å²) in [5.74, 6) is 1.46. The Morgan fingerprint density at radius 1 is 1.56 bits per heavy atom. The van der Waals surface area contributed by atoms with Crippen molar-refractivity contribution in [2.75, 3.05) is 6.54 Å². The summed E-state index contributed by atoms with van der Waals surface area (Å²) < 4.78 is 7.38. The molecule has 5 nitrogen and oxygen atoms in total. The van der Waals surface area contributed by atoms with Crippen molar-refractivity contribution < 1.29 is 4.42 Å². The highest BCUT2D eigenvalue weighted by Gasteiger charge is 2.21. The largest absolute Gasteiger partial charge is 0.461 e. The first-order valence-electron chi connectivity index (χ1n) is 5.14. The van der Waals surface area contributed by atoms with Crippen LogP contribution in [0.25, 0.3) is 11.6 Å². The van der Waals surface area contributed by atoms with Crippen molar-refractivity contribution in [2.24, 2.45) is 0 Å². The molecule has 0 radical (unpaired) electrons. The van der Waals surface area contributed by atoms with E-state index < -0.39 is 0 Å². The van der Waals surface area contributed by atoms with E-state index in [1.54, 1.807) is 6.26 Å². The van der Waals surface area contributed by atoms with Crippen molar-refractivity contribution in [3.05, 3.63) is 29.8 Å². The summed E-state index contributed by atoms with van der Waals surface area (Å²) in [6, 6.07) is 5.81. The van der Waals surface area contributed by atoms with E-state index >= 15 is 0 Å². The highest BCUT2D eigenvalue weighted by molar-refractivity contribution is 5.51. The second-order valence-electron chi connectivity index (χ2n) is 3.65. The second kappa shape index (κ2) is 3.51. The average molecular weight is 214 g/mol. The average Bonchev–Trinajstić information content (AvgIpc) is 2.95. The molecule has 0 aliphatic carbocycles. The summed E-state index contributed by atoms with van der Waals surface area (Å²) in [6.45, 7) is 2.40. The van der Waals surface area contributed by atoms with Crippen LogP contribution in [0.1, 0.15) is 11.4 Å². The third-order valence-electron chi connectivity index (χ3n) is 2.72. The van der Waals surface area contributed by atoms with Crippen LogP contribution in [-0.2, 0) is 13.1 Å². The molecule has 0 fully saturated rings. The molecule has 0 saturated carbocycles. The van der Waals surface area contributed by atoms with E-state index in [0.717, 1.165) is 24.6 Å². The van der Waals surface area contributed by atoms with Gasteiger partial charge in [-0.25, -0.2) is 4.98 Å². The molecular weight excluding hydrogens is 204 g/mol. The zero-order chi connectivity index (χ0) is 11.0. The number of imidazole rings is 1. The van der Waals surface area contributed by atoms with Crippen LogP contribution in [0.5, 0.6) is 0 Å². The maximum atomic E-state index is 9.02. The monoisotopic (exact) mass is 214 g/mol. The first-order valence-corrected chi connectivity index (χ1v) is 5.14. The predicted octanol–water partition coefficient (Wildman–Crippen LogP) is 1.12. The number of nitrogens with zero attached hydrogens (tertiary/aromatic N) is 3. The fraction of sp³-hybridized carbons (Fsp3) is 0.273. The quantitative estimate of drug-likeness (QED) is 0.772. The summed E-state index contributed by atoms with van der Waals surface area (Å²) in [5.41, 5.74) is 1.43. The molecule has 0 saturated heterocycles. The lowest BCUT2D eigenvalue weighted by molar-refractivity contribution is 0.508. The van der Waals surface area contributed by atoms with Gasteiger partial charge in [-0.2, -0.15) is 5.26 Å². The van der Waals surface area contributed by atoms with Gasteiger partial charge in [-0.05, 0) is 12.1 Å². The van der Waals surface area contributed by atoms with Crippen molar-refractivity contribution in [3.8, 4) is 17.7 Å². The number of furan rings is 1. The Bertz CT molecular complexity index is 547. The number of fused-ring (bicyclic) bond motifs is 1. The number of hydrogen-bond acceptors (Lipinski definition) is 4. The van der Waals surface area contributed by atoms with Crippen molar-refractivity contribution in [1.82, 2.24) is 14.9 Å². The summed E-state index contributed by atoms with van der Waals surface area (Å²) in [6.07, 6.45) is 1.62. The Labute approximate surface area is 92.3 Å². The number of rotatable bonds is 1. The number of nitriles is 1. The van der Waals surface area contributed by atoms with Gasteiger partial charge in [0.2, 0.25) is 0 Å². The molecule has 0 aromatic carbocycles. The molecule has 2 aromatic heterocycles. The molecule has 5 heteroatoms. The van der Waals surface area contributed by atoms with Gasteiger partial charge in [-0.1, -0.05) is 0 Å². The van der Waals surface area contributed by atoms with Gasteiger partial charge < -0.3 is 14.3 Å². The molecule has 1 aliphatic rings. The molecule has 3 rings (SSSR count). The van der Waals surface area contributed by atoms with Gasteiger partial charge in [0.25, 0.3) is 0 Å². The molecule has 0 amide bonds. The molecule has 0 unspecified atom stereocenters. The fourth-order valence-electron chi connectivity index (χ4n) is 1.99. The van der Waals surface area contributed by atoms with E-state index in [1.165, 1.54) is 0 Å². The molecule has 3 heterocycles. The Kier molecular flexibility index (Phi) is 2.01. The van der Waals surface area contributed by atoms with Crippen LogP contribution in [0.3, 0.4) is 0 Å². The van der Waals surface area contributed by atoms with E-state index in [1.807, 2.05) is 16.7 Å². The highest BCUT2D eigenvalue weighted by Crippen LogP contribution is 2.24. The summed E-state index contributed by atoms with van der Waals surface area (Å²) in [5, 5.41) is 12.3. The van der Waals surface area contributed by atoms with Crippen LogP contribution in [0, 0.1) is 11.3 Å². The Balaban J connectivity index is 2.20. The predicted molar refractivity (Wildman–Crippen MR) is 56.4 cm³/mol. The Hall–Kier alpha value is -2.06. The summed E-state index contributed by atoms with van der Waals surface area (Å²) >= 11 is 0. The topological polar surface area (TPSA) is 66.8 Å². The second-order valence-corrected chi connectivity index (χ2v) is 3.65. The van der Waals surface area contributed by atoms with Gasteiger partial charge >= 0.3 is 0 Å². The van der Waals surface area contributed by atoms with Gasteiger partial charge in [0, 0.05) is 19.6 Å². The smallest absolute Gasteiger partial charge is 0.177 e. The molecule has 80 valence electrons. The third-order valence-corrected chi connectivity index (χ3v) is 2.72. The third kappa shape index (κ3) is 1.24. The minimum absolute atomic E-state index is 0.485. The van der Waals surface area contributed by atoms with Crippen LogP contribution < -0.4 is 5.32 Å². The summed E-state index contributed by atoms with van der Waals surface area (Å²) in [7, 11) is 0. The van der Waals surface area contributed by atoms with Crippen LogP contribution >= 0.6 is 0 Å². The number of hydrogen-bond donors (Lipinski definition) is 1. The van der Waals surface area contributed by atoms with E-state index in [9.17, 15) is 0 Å². The normalized spacial score (nSPS) is 14.4. The fourth-order valence-corrected chi connectivity index (χ4v) is 1.99. The van der Waals surface area contributed by atoms with Crippen LogP contribution in [0.15, 0.2) is 22.8 Å². The minimum Gasteiger partial charge on any atom is -0.461 e. The molecular formula is C11H10N4O.